The van der Waals surface area contributed by atoms with E-state index < -0.39 is 5.97 Å². The van der Waals surface area contributed by atoms with Gasteiger partial charge in [-0.05, 0) is 57.2 Å². The largest absolute Gasteiger partial charge is 0.480 e. The summed E-state index contributed by atoms with van der Waals surface area (Å²) in [6.45, 7) is 7.63. The molecule has 0 aromatic carbocycles. The number of hydrogen-bond acceptors (Lipinski definition) is 5. The molecule has 0 spiro atoms. The summed E-state index contributed by atoms with van der Waals surface area (Å²) in [7, 11) is 0. The highest BCUT2D eigenvalue weighted by Gasteiger charge is 2.24. The maximum Gasteiger partial charge on any atom is 0.320 e. The fourth-order valence-electron chi connectivity index (χ4n) is 3.86. The van der Waals surface area contributed by atoms with Gasteiger partial charge in [-0.15, -0.1) is 0 Å². The predicted octanol–water partition coefficient (Wildman–Crippen LogP) is 2.24. The Bertz CT molecular complexity index is 599. The molecule has 26 heavy (non-hydrogen) atoms. The molecule has 1 atom stereocenters. The monoisotopic (exact) mass is 360 g/mol. The van der Waals surface area contributed by atoms with Gasteiger partial charge >= 0.3 is 5.97 Å². The molecule has 3 heterocycles. The van der Waals surface area contributed by atoms with E-state index in [9.17, 15) is 4.79 Å². The third kappa shape index (κ3) is 5.17. The summed E-state index contributed by atoms with van der Waals surface area (Å²) in [5.74, 6) is 0.381. The molecular formula is C20H32N4O2. The van der Waals surface area contributed by atoms with Gasteiger partial charge in [-0.3, -0.25) is 9.69 Å². The van der Waals surface area contributed by atoms with Crippen LogP contribution in [0.15, 0.2) is 12.1 Å². The molecule has 0 unspecified atom stereocenters. The van der Waals surface area contributed by atoms with Gasteiger partial charge in [-0.2, -0.15) is 0 Å². The molecule has 0 saturated carbocycles. The summed E-state index contributed by atoms with van der Waals surface area (Å²) in [6.07, 6.45) is 7.02. The van der Waals surface area contributed by atoms with Crippen LogP contribution in [-0.2, 0) is 17.6 Å². The molecule has 144 valence electrons. The maximum atomic E-state index is 11.1. The molecule has 1 fully saturated rings. The highest BCUT2D eigenvalue weighted by atomic mass is 16.4. The number of aliphatic carboxylic acids is 1. The van der Waals surface area contributed by atoms with Gasteiger partial charge in [-0.25, -0.2) is 4.98 Å². The van der Waals surface area contributed by atoms with E-state index in [1.807, 2.05) is 0 Å². The third-order valence-electron chi connectivity index (χ3n) is 5.67. The number of aryl methyl sites for hydroxylation is 2. The molecule has 2 aliphatic heterocycles. The Morgan fingerprint density at radius 3 is 2.81 bits per heavy atom. The fourth-order valence-corrected chi connectivity index (χ4v) is 3.86. The SMILES string of the molecule is C[C@H](C(=O)O)N1CCN(CCCCCc2ccc3c(n2)NCCC3)CC1. The van der Waals surface area contributed by atoms with Crippen molar-refractivity contribution in [1.82, 2.24) is 14.8 Å². The number of piperazine rings is 1. The first-order valence-electron chi connectivity index (χ1n) is 10.1. The van der Waals surface area contributed by atoms with Crippen LogP contribution in [0.2, 0.25) is 0 Å². The number of pyridine rings is 1. The van der Waals surface area contributed by atoms with E-state index in [1.54, 1.807) is 6.92 Å². The highest BCUT2D eigenvalue weighted by Crippen LogP contribution is 2.20. The molecular weight excluding hydrogens is 328 g/mol. The number of nitrogens with one attached hydrogen (secondary N) is 1. The van der Waals surface area contributed by atoms with Crippen molar-refractivity contribution in [1.29, 1.82) is 0 Å². The number of carboxylic acid groups (broad SMARTS) is 1. The Hall–Kier alpha value is -1.66. The normalized spacial score (nSPS) is 19.6. The number of carbonyl (C=O) groups is 1. The van der Waals surface area contributed by atoms with E-state index in [4.69, 9.17) is 10.1 Å². The second-order valence-corrected chi connectivity index (χ2v) is 7.54. The number of nitrogens with zero attached hydrogens (tertiary/aromatic N) is 3. The van der Waals surface area contributed by atoms with E-state index in [0.717, 1.165) is 57.9 Å². The first-order chi connectivity index (χ1) is 12.6. The standard InChI is InChI=1S/C20H32N4O2/c1-16(20(25)26)24-14-12-23(13-15-24)11-4-2-3-7-18-9-8-17-6-5-10-21-19(17)22-18/h8-9,16H,2-7,10-15H2,1H3,(H,21,22)(H,25,26)/t16-/m1/s1. The van der Waals surface area contributed by atoms with Crippen molar-refractivity contribution in [3.63, 3.8) is 0 Å². The molecule has 6 nitrogen and oxygen atoms in total. The van der Waals surface area contributed by atoms with Gasteiger partial charge in [0.1, 0.15) is 11.9 Å². The first kappa shape index (κ1) is 19.1. The van der Waals surface area contributed by atoms with Crippen LogP contribution in [0.1, 0.15) is 43.9 Å². The summed E-state index contributed by atoms with van der Waals surface area (Å²) in [5.41, 5.74) is 2.56. The average Bonchev–Trinajstić information content (AvgIpc) is 2.67. The van der Waals surface area contributed by atoms with E-state index in [0.29, 0.717) is 0 Å². The summed E-state index contributed by atoms with van der Waals surface area (Å²) >= 11 is 0. The number of anilines is 1. The maximum absolute atomic E-state index is 11.1. The molecule has 3 rings (SSSR count). The third-order valence-corrected chi connectivity index (χ3v) is 5.67. The summed E-state index contributed by atoms with van der Waals surface area (Å²) in [5, 5.41) is 12.5. The minimum atomic E-state index is -0.718. The van der Waals surface area contributed by atoms with Crippen molar-refractivity contribution in [2.24, 2.45) is 0 Å². The molecule has 1 saturated heterocycles. The lowest BCUT2D eigenvalue weighted by Crippen LogP contribution is -2.51. The van der Waals surface area contributed by atoms with Crippen LogP contribution in [0.25, 0.3) is 0 Å². The number of carboxylic acids is 1. The first-order valence-corrected chi connectivity index (χ1v) is 10.1. The van der Waals surface area contributed by atoms with Gasteiger partial charge in [-0.1, -0.05) is 12.5 Å². The number of aromatic nitrogens is 1. The summed E-state index contributed by atoms with van der Waals surface area (Å²) in [6, 6.07) is 4.06. The van der Waals surface area contributed by atoms with Gasteiger partial charge < -0.3 is 15.3 Å². The number of fused-ring (bicyclic) bond motifs is 1. The molecule has 0 aliphatic carbocycles. The average molecular weight is 361 g/mol. The van der Waals surface area contributed by atoms with E-state index in [-0.39, 0.29) is 6.04 Å². The fraction of sp³-hybridized carbons (Fsp3) is 0.700. The lowest BCUT2D eigenvalue weighted by molar-refractivity contribution is -0.143. The Kier molecular flexibility index (Phi) is 6.86. The molecule has 6 heteroatoms. The Morgan fingerprint density at radius 2 is 2.04 bits per heavy atom. The molecule has 1 aromatic rings. The lowest BCUT2D eigenvalue weighted by Gasteiger charge is -2.36. The molecule has 0 bridgehead atoms. The van der Waals surface area contributed by atoms with Crippen molar-refractivity contribution in [2.45, 2.75) is 51.5 Å². The summed E-state index contributed by atoms with van der Waals surface area (Å²) in [4.78, 5) is 20.3. The van der Waals surface area contributed by atoms with Crippen molar-refractivity contribution in [2.75, 3.05) is 44.6 Å². The van der Waals surface area contributed by atoms with Gasteiger partial charge in [0, 0.05) is 38.4 Å². The highest BCUT2D eigenvalue weighted by molar-refractivity contribution is 5.72. The Labute approximate surface area is 156 Å². The quantitative estimate of drug-likeness (QED) is 0.693. The Morgan fingerprint density at radius 1 is 1.23 bits per heavy atom. The number of hydrogen-bond donors (Lipinski definition) is 2. The predicted molar refractivity (Wildman–Crippen MR) is 104 cm³/mol. The number of unbranched alkanes of at least 4 members (excludes halogenated alkanes) is 2. The van der Waals surface area contributed by atoms with Crippen LogP contribution in [0.5, 0.6) is 0 Å². The molecule has 0 radical (unpaired) electrons. The second-order valence-electron chi connectivity index (χ2n) is 7.54. The topological polar surface area (TPSA) is 68.7 Å². The lowest BCUT2D eigenvalue weighted by atomic mass is 10.1. The van der Waals surface area contributed by atoms with Crippen molar-refractivity contribution >= 4 is 11.8 Å². The van der Waals surface area contributed by atoms with Crippen LogP contribution in [0, 0.1) is 0 Å². The van der Waals surface area contributed by atoms with Crippen LogP contribution < -0.4 is 5.32 Å². The molecule has 2 N–H and O–H groups in total. The van der Waals surface area contributed by atoms with Gasteiger partial charge in [0.25, 0.3) is 0 Å². The molecule has 1 aromatic heterocycles. The molecule has 0 amide bonds. The van der Waals surface area contributed by atoms with E-state index in [2.05, 4.69) is 27.2 Å². The Balaban J connectivity index is 1.30. The van der Waals surface area contributed by atoms with Crippen LogP contribution in [0.4, 0.5) is 5.82 Å². The van der Waals surface area contributed by atoms with Crippen LogP contribution >= 0.6 is 0 Å². The van der Waals surface area contributed by atoms with Gasteiger partial charge in [0.05, 0.1) is 0 Å². The van der Waals surface area contributed by atoms with Crippen molar-refractivity contribution < 1.29 is 9.90 Å². The van der Waals surface area contributed by atoms with Crippen molar-refractivity contribution in [3.05, 3.63) is 23.4 Å². The minimum absolute atomic E-state index is 0.365. The number of rotatable bonds is 8. The van der Waals surface area contributed by atoms with Crippen LogP contribution in [-0.4, -0.2) is 71.2 Å². The summed E-state index contributed by atoms with van der Waals surface area (Å²) < 4.78 is 0. The van der Waals surface area contributed by atoms with Crippen LogP contribution in [0.3, 0.4) is 0 Å². The zero-order valence-corrected chi connectivity index (χ0v) is 15.9. The zero-order valence-electron chi connectivity index (χ0n) is 15.9. The van der Waals surface area contributed by atoms with E-state index >= 15 is 0 Å². The van der Waals surface area contributed by atoms with Crippen molar-refractivity contribution in [3.8, 4) is 0 Å². The van der Waals surface area contributed by atoms with Gasteiger partial charge in [0.2, 0.25) is 0 Å². The second kappa shape index (κ2) is 9.33. The van der Waals surface area contributed by atoms with Gasteiger partial charge in [0.15, 0.2) is 0 Å². The smallest absolute Gasteiger partial charge is 0.320 e. The molecule has 2 aliphatic rings. The van der Waals surface area contributed by atoms with E-state index in [1.165, 1.54) is 36.9 Å². The zero-order chi connectivity index (χ0) is 18.4. The minimum Gasteiger partial charge on any atom is -0.480 e.